The summed E-state index contributed by atoms with van der Waals surface area (Å²) in [4.78, 5) is 11.7. The summed E-state index contributed by atoms with van der Waals surface area (Å²) in [5.41, 5.74) is 6.70. The summed E-state index contributed by atoms with van der Waals surface area (Å²) in [6.07, 6.45) is 0. The average Bonchev–Trinajstić information content (AvgIpc) is 2.36. The van der Waals surface area contributed by atoms with Gasteiger partial charge in [-0.1, -0.05) is 30.3 Å². The summed E-state index contributed by atoms with van der Waals surface area (Å²) in [7, 11) is 0. The number of carbonyl (C=O) groups is 1. The number of nitrogens with one attached hydrogen (secondary N) is 1. The Morgan fingerprint density at radius 2 is 2.00 bits per heavy atom. The molecule has 2 atom stereocenters. The Balaban J connectivity index is 2.34. The average molecular weight is 252 g/mol. The lowest BCUT2D eigenvalue weighted by Crippen LogP contribution is -2.41. The van der Waals surface area contributed by atoms with Crippen LogP contribution in [0.1, 0.15) is 19.4 Å². The van der Waals surface area contributed by atoms with Crippen LogP contribution in [-0.2, 0) is 10.5 Å². The minimum absolute atomic E-state index is 0.0438. The second-order valence-corrected chi connectivity index (χ2v) is 5.41. The van der Waals surface area contributed by atoms with Gasteiger partial charge in [0.1, 0.15) is 0 Å². The Bertz CT molecular complexity index is 343. The van der Waals surface area contributed by atoms with Gasteiger partial charge >= 0.3 is 0 Å². The van der Waals surface area contributed by atoms with Crippen LogP contribution in [0.2, 0.25) is 0 Å². The third kappa shape index (κ3) is 5.24. The van der Waals surface area contributed by atoms with Crippen LogP contribution in [0.5, 0.6) is 0 Å². The fourth-order valence-electron chi connectivity index (χ4n) is 1.29. The second kappa shape index (κ2) is 7.35. The van der Waals surface area contributed by atoms with Crippen LogP contribution in [0, 0.1) is 0 Å². The molecule has 1 aromatic carbocycles. The van der Waals surface area contributed by atoms with Gasteiger partial charge < -0.3 is 11.1 Å². The Morgan fingerprint density at radius 1 is 1.35 bits per heavy atom. The summed E-state index contributed by atoms with van der Waals surface area (Å²) >= 11 is 1.64. The van der Waals surface area contributed by atoms with Crippen molar-refractivity contribution in [2.45, 2.75) is 30.9 Å². The second-order valence-electron chi connectivity index (χ2n) is 4.08. The fourth-order valence-corrected chi connectivity index (χ4v) is 2.14. The molecule has 1 aromatic rings. The Morgan fingerprint density at radius 3 is 2.59 bits per heavy atom. The van der Waals surface area contributed by atoms with E-state index in [1.165, 1.54) is 5.56 Å². The monoisotopic (exact) mass is 252 g/mol. The zero-order valence-electron chi connectivity index (χ0n) is 10.3. The Hall–Kier alpha value is -1.00. The van der Waals surface area contributed by atoms with E-state index in [-0.39, 0.29) is 17.2 Å². The van der Waals surface area contributed by atoms with E-state index < -0.39 is 0 Å². The zero-order chi connectivity index (χ0) is 12.7. The van der Waals surface area contributed by atoms with Crippen molar-refractivity contribution in [3.63, 3.8) is 0 Å². The smallest absolute Gasteiger partial charge is 0.233 e. The third-order valence-electron chi connectivity index (χ3n) is 2.45. The van der Waals surface area contributed by atoms with E-state index in [4.69, 9.17) is 5.73 Å². The molecule has 0 aliphatic rings. The molecular formula is C13H20N2OS. The van der Waals surface area contributed by atoms with Gasteiger partial charge in [0.05, 0.1) is 5.25 Å². The molecule has 17 heavy (non-hydrogen) atoms. The van der Waals surface area contributed by atoms with Gasteiger partial charge in [-0.2, -0.15) is 0 Å². The molecule has 4 heteroatoms. The van der Waals surface area contributed by atoms with Crippen molar-refractivity contribution in [1.29, 1.82) is 0 Å². The molecule has 0 heterocycles. The number of rotatable bonds is 6. The molecule has 0 aliphatic heterocycles. The lowest BCUT2D eigenvalue weighted by molar-refractivity contribution is -0.120. The molecule has 1 unspecified atom stereocenters. The summed E-state index contributed by atoms with van der Waals surface area (Å²) < 4.78 is 0. The molecule has 3 N–H and O–H groups in total. The minimum Gasteiger partial charge on any atom is -0.351 e. The van der Waals surface area contributed by atoms with E-state index in [0.717, 1.165) is 5.75 Å². The minimum atomic E-state index is -0.0517. The molecule has 3 nitrogen and oxygen atoms in total. The molecule has 1 amide bonds. The normalized spacial score (nSPS) is 14.1. The first-order valence-electron chi connectivity index (χ1n) is 5.79. The van der Waals surface area contributed by atoms with Gasteiger partial charge in [0.25, 0.3) is 0 Å². The maximum Gasteiger partial charge on any atom is 0.233 e. The molecular weight excluding hydrogens is 232 g/mol. The van der Waals surface area contributed by atoms with Gasteiger partial charge in [-0.15, -0.1) is 11.8 Å². The number of nitrogens with two attached hydrogens (primary N) is 1. The highest BCUT2D eigenvalue weighted by molar-refractivity contribution is 7.99. The van der Waals surface area contributed by atoms with Crippen LogP contribution >= 0.6 is 11.8 Å². The molecule has 0 saturated carbocycles. The number of hydrogen-bond donors (Lipinski definition) is 2. The van der Waals surface area contributed by atoms with Crippen LogP contribution in [0.15, 0.2) is 30.3 Å². The first-order valence-corrected chi connectivity index (χ1v) is 6.84. The maximum atomic E-state index is 11.7. The largest absolute Gasteiger partial charge is 0.351 e. The van der Waals surface area contributed by atoms with Gasteiger partial charge in [0.15, 0.2) is 0 Å². The van der Waals surface area contributed by atoms with Crippen molar-refractivity contribution in [3.05, 3.63) is 35.9 Å². The molecule has 94 valence electrons. The lowest BCUT2D eigenvalue weighted by Gasteiger charge is -2.15. The van der Waals surface area contributed by atoms with Gasteiger partial charge in [0.2, 0.25) is 5.91 Å². The van der Waals surface area contributed by atoms with Crippen molar-refractivity contribution >= 4 is 17.7 Å². The zero-order valence-corrected chi connectivity index (χ0v) is 11.2. The Kier molecular flexibility index (Phi) is 6.08. The summed E-state index contributed by atoms with van der Waals surface area (Å²) in [6, 6.07) is 10.2. The Labute approximate surface area is 107 Å². The molecule has 0 radical (unpaired) electrons. The molecule has 0 aromatic heterocycles. The van der Waals surface area contributed by atoms with Crippen LogP contribution in [-0.4, -0.2) is 23.7 Å². The molecule has 1 rings (SSSR count). The number of carbonyl (C=O) groups excluding carboxylic acids is 1. The van der Waals surface area contributed by atoms with E-state index in [0.29, 0.717) is 6.54 Å². The quantitative estimate of drug-likeness (QED) is 0.811. The standard InChI is InChI=1S/C13H20N2OS/c1-10(8-14)15-13(16)11(2)17-9-12-6-4-3-5-7-12/h3-7,10-11H,8-9,14H2,1-2H3,(H,15,16)/t10-,11?/m0/s1. The van der Waals surface area contributed by atoms with Crippen molar-refractivity contribution in [2.75, 3.05) is 6.54 Å². The molecule has 0 bridgehead atoms. The van der Waals surface area contributed by atoms with E-state index in [2.05, 4.69) is 17.4 Å². The SMILES string of the molecule is CC(SCc1ccccc1)C(=O)N[C@@H](C)CN. The topological polar surface area (TPSA) is 55.1 Å². The van der Waals surface area contributed by atoms with Crippen LogP contribution in [0.25, 0.3) is 0 Å². The molecule has 0 fully saturated rings. The fraction of sp³-hybridized carbons (Fsp3) is 0.462. The van der Waals surface area contributed by atoms with Crippen molar-refractivity contribution in [2.24, 2.45) is 5.73 Å². The van der Waals surface area contributed by atoms with Crippen molar-refractivity contribution < 1.29 is 4.79 Å². The van der Waals surface area contributed by atoms with Crippen molar-refractivity contribution in [3.8, 4) is 0 Å². The predicted molar refractivity (Wildman–Crippen MR) is 73.9 cm³/mol. The van der Waals surface area contributed by atoms with Gasteiger partial charge in [-0.25, -0.2) is 0 Å². The third-order valence-corrected chi connectivity index (χ3v) is 3.67. The molecule has 0 spiro atoms. The van der Waals surface area contributed by atoms with Gasteiger partial charge in [-0.05, 0) is 19.4 Å². The lowest BCUT2D eigenvalue weighted by atomic mass is 10.2. The van der Waals surface area contributed by atoms with Gasteiger partial charge in [0, 0.05) is 18.3 Å². The number of thioether (sulfide) groups is 1. The first kappa shape index (κ1) is 14.1. The first-order chi connectivity index (χ1) is 8.13. The van der Waals surface area contributed by atoms with Crippen LogP contribution in [0.4, 0.5) is 0 Å². The van der Waals surface area contributed by atoms with Crippen molar-refractivity contribution in [1.82, 2.24) is 5.32 Å². The summed E-state index contributed by atoms with van der Waals surface area (Å²) in [6.45, 7) is 4.31. The predicted octanol–water partition coefficient (Wildman–Crippen LogP) is 1.77. The van der Waals surface area contributed by atoms with Gasteiger partial charge in [-0.3, -0.25) is 4.79 Å². The van der Waals surface area contributed by atoms with E-state index in [1.54, 1.807) is 11.8 Å². The van der Waals surface area contributed by atoms with E-state index in [9.17, 15) is 4.79 Å². The van der Waals surface area contributed by atoms with Crippen LogP contribution < -0.4 is 11.1 Å². The maximum absolute atomic E-state index is 11.7. The number of amides is 1. The highest BCUT2D eigenvalue weighted by Gasteiger charge is 2.14. The number of hydrogen-bond acceptors (Lipinski definition) is 3. The van der Waals surface area contributed by atoms with E-state index >= 15 is 0 Å². The molecule has 0 aliphatic carbocycles. The molecule has 0 saturated heterocycles. The highest BCUT2D eigenvalue weighted by Crippen LogP contribution is 2.17. The van der Waals surface area contributed by atoms with Crippen LogP contribution in [0.3, 0.4) is 0 Å². The highest BCUT2D eigenvalue weighted by atomic mass is 32.2. The summed E-state index contributed by atoms with van der Waals surface area (Å²) in [5, 5.41) is 2.83. The number of benzene rings is 1. The summed E-state index contributed by atoms with van der Waals surface area (Å²) in [5.74, 6) is 0.913. The van der Waals surface area contributed by atoms with E-state index in [1.807, 2.05) is 32.0 Å².